The summed E-state index contributed by atoms with van der Waals surface area (Å²) in [5, 5.41) is 0. The molecule has 35 heavy (non-hydrogen) atoms. The summed E-state index contributed by atoms with van der Waals surface area (Å²) in [4.78, 5) is 48.8. The third kappa shape index (κ3) is 5.54. The van der Waals surface area contributed by atoms with E-state index in [1.165, 1.54) is 30.0 Å². The van der Waals surface area contributed by atoms with Gasteiger partial charge in [-0.2, -0.15) is 0 Å². The Bertz CT molecular complexity index is 1190. The molecular weight excluding hydrogens is 457 g/mol. The molecule has 2 aliphatic carbocycles. The molecule has 0 saturated heterocycles. The number of ether oxygens (including phenoxy) is 2. The minimum atomic E-state index is -0.716. The molecule has 1 aromatic carbocycles. The van der Waals surface area contributed by atoms with Gasteiger partial charge in [-0.3, -0.25) is 19.4 Å². The molecule has 10 nitrogen and oxygen atoms in total. The fourth-order valence-corrected chi connectivity index (χ4v) is 3.43. The van der Waals surface area contributed by atoms with Gasteiger partial charge in [0.05, 0.1) is 13.7 Å². The molecule has 1 heterocycles. The smallest absolute Gasteiger partial charge is 0.415 e. The summed E-state index contributed by atoms with van der Waals surface area (Å²) >= 11 is 0. The third-order valence-electron chi connectivity index (χ3n) is 5.77. The first-order chi connectivity index (χ1) is 16.8. The first kappa shape index (κ1) is 24.1. The number of methoxy groups -OCH3 is 1. The van der Waals surface area contributed by atoms with Crippen LogP contribution in [0.15, 0.2) is 18.2 Å². The van der Waals surface area contributed by atoms with Crippen LogP contribution in [-0.2, 0) is 4.79 Å². The summed E-state index contributed by atoms with van der Waals surface area (Å²) in [6.45, 7) is -0.0103. The van der Waals surface area contributed by atoms with Crippen molar-refractivity contribution in [2.24, 2.45) is 0 Å². The minimum Gasteiger partial charge on any atom is -0.493 e. The third-order valence-corrected chi connectivity index (χ3v) is 5.77. The van der Waals surface area contributed by atoms with Crippen LogP contribution in [0, 0.1) is 17.7 Å². The van der Waals surface area contributed by atoms with Crippen LogP contribution in [0.4, 0.5) is 15.0 Å². The lowest BCUT2D eigenvalue weighted by Crippen LogP contribution is -2.32. The van der Waals surface area contributed by atoms with E-state index in [0.717, 1.165) is 37.8 Å². The van der Waals surface area contributed by atoms with Gasteiger partial charge in [0.1, 0.15) is 11.5 Å². The van der Waals surface area contributed by atoms with E-state index in [2.05, 4.69) is 21.8 Å². The molecule has 2 aromatic rings. The zero-order valence-electron chi connectivity index (χ0n) is 19.7. The van der Waals surface area contributed by atoms with Gasteiger partial charge in [0.2, 0.25) is 6.41 Å². The van der Waals surface area contributed by atoms with Crippen molar-refractivity contribution in [3.63, 3.8) is 0 Å². The molecule has 0 unspecified atom stereocenters. The molecule has 2 aliphatic rings. The van der Waals surface area contributed by atoms with Crippen LogP contribution in [0.2, 0.25) is 0 Å². The Morgan fingerprint density at radius 2 is 1.91 bits per heavy atom. The van der Waals surface area contributed by atoms with Crippen LogP contribution in [0.3, 0.4) is 0 Å². The Labute approximate surface area is 202 Å². The highest BCUT2D eigenvalue weighted by Crippen LogP contribution is 2.33. The Kier molecular flexibility index (Phi) is 6.91. The van der Waals surface area contributed by atoms with E-state index >= 15 is 0 Å². The molecule has 0 spiro atoms. The maximum Gasteiger partial charge on any atom is 0.415 e. The van der Waals surface area contributed by atoms with Gasteiger partial charge in [0.25, 0.3) is 5.91 Å². The molecule has 2 fully saturated rings. The highest BCUT2D eigenvalue weighted by molar-refractivity contribution is 5.99. The summed E-state index contributed by atoms with van der Waals surface area (Å²) in [5.41, 5.74) is 0.221. The lowest BCUT2D eigenvalue weighted by atomic mass is 10.3. The second-order valence-corrected chi connectivity index (χ2v) is 8.50. The zero-order chi connectivity index (χ0) is 25.1. The number of hydrogen-bond acceptors (Lipinski definition) is 6. The number of H-pyrrole nitrogens is 1. The van der Waals surface area contributed by atoms with Crippen molar-refractivity contribution in [2.75, 3.05) is 32.6 Å². The number of hydrogen-bond donors (Lipinski definition) is 1. The van der Waals surface area contributed by atoms with E-state index in [4.69, 9.17) is 9.47 Å². The Morgan fingerprint density at radius 3 is 2.54 bits per heavy atom. The molecule has 0 bridgehead atoms. The maximum absolute atomic E-state index is 13.3. The summed E-state index contributed by atoms with van der Waals surface area (Å²) in [5.74, 6) is 5.49. The van der Waals surface area contributed by atoms with Crippen LogP contribution in [0.5, 0.6) is 11.5 Å². The number of halogens is 1. The standard InChI is InChI=1S/C24H26FN5O5/c1-28(24(33)35-18-11-6-15(25)13-19(18)34-3)12-4-5-20-26-21(23(32)29(2)16-7-8-16)22(27-20)30(14-31)17-9-10-17/h6,11,13-14,16-17H,7-10,12H2,1-3H3,(H,26,27). The van der Waals surface area contributed by atoms with Gasteiger partial charge in [0, 0.05) is 32.2 Å². The van der Waals surface area contributed by atoms with Crippen molar-refractivity contribution in [1.82, 2.24) is 19.8 Å². The van der Waals surface area contributed by atoms with Crippen LogP contribution in [0.1, 0.15) is 42.0 Å². The summed E-state index contributed by atoms with van der Waals surface area (Å²) in [6.07, 6.45) is 3.57. The van der Waals surface area contributed by atoms with Gasteiger partial charge in [-0.05, 0) is 43.7 Å². The highest BCUT2D eigenvalue weighted by atomic mass is 19.1. The zero-order valence-corrected chi connectivity index (χ0v) is 19.7. The van der Waals surface area contributed by atoms with E-state index in [1.807, 2.05) is 0 Å². The van der Waals surface area contributed by atoms with Gasteiger partial charge in [-0.1, -0.05) is 5.92 Å². The normalized spacial score (nSPS) is 14.4. The number of carbonyl (C=O) groups excluding carboxylic acids is 3. The molecule has 0 radical (unpaired) electrons. The molecule has 184 valence electrons. The molecule has 0 aliphatic heterocycles. The Balaban J connectivity index is 1.47. The summed E-state index contributed by atoms with van der Waals surface area (Å²) < 4.78 is 23.6. The largest absolute Gasteiger partial charge is 0.493 e. The predicted molar refractivity (Wildman–Crippen MR) is 124 cm³/mol. The monoisotopic (exact) mass is 483 g/mol. The molecule has 1 N–H and O–H groups in total. The topological polar surface area (TPSA) is 108 Å². The lowest BCUT2D eigenvalue weighted by molar-refractivity contribution is -0.107. The second kappa shape index (κ2) is 10.0. The number of anilines is 1. The number of nitrogens with zero attached hydrogens (tertiary/aromatic N) is 4. The Morgan fingerprint density at radius 1 is 1.20 bits per heavy atom. The molecule has 2 saturated carbocycles. The summed E-state index contributed by atoms with van der Waals surface area (Å²) in [6, 6.07) is 3.78. The number of aromatic nitrogens is 2. The van der Waals surface area contributed by atoms with Crippen molar-refractivity contribution >= 4 is 24.2 Å². The van der Waals surface area contributed by atoms with E-state index in [0.29, 0.717) is 6.41 Å². The van der Waals surface area contributed by atoms with Gasteiger partial charge in [-0.15, -0.1) is 0 Å². The number of nitrogens with one attached hydrogen (secondary N) is 1. The van der Waals surface area contributed by atoms with Gasteiger partial charge in [-0.25, -0.2) is 14.2 Å². The van der Waals surface area contributed by atoms with Gasteiger partial charge >= 0.3 is 6.09 Å². The quantitative estimate of drug-likeness (QED) is 0.456. The van der Waals surface area contributed by atoms with Crippen molar-refractivity contribution in [3.8, 4) is 23.3 Å². The number of imidazole rings is 1. The lowest BCUT2D eigenvalue weighted by Gasteiger charge is -2.19. The van der Waals surface area contributed by atoms with Crippen molar-refractivity contribution in [2.45, 2.75) is 37.8 Å². The molecule has 3 amide bonds. The number of amides is 3. The summed E-state index contributed by atoms with van der Waals surface area (Å²) in [7, 11) is 4.56. The number of benzene rings is 1. The van der Waals surface area contributed by atoms with Crippen LogP contribution < -0.4 is 14.4 Å². The first-order valence-electron chi connectivity index (χ1n) is 11.2. The first-order valence-corrected chi connectivity index (χ1v) is 11.2. The van der Waals surface area contributed by atoms with Crippen LogP contribution >= 0.6 is 0 Å². The van der Waals surface area contributed by atoms with Crippen LogP contribution in [-0.4, -0.2) is 78.0 Å². The fourth-order valence-electron chi connectivity index (χ4n) is 3.43. The van der Waals surface area contributed by atoms with E-state index in [1.54, 1.807) is 11.9 Å². The van der Waals surface area contributed by atoms with Crippen molar-refractivity contribution < 1.29 is 28.2 Å². The highest BCUT2D eigenvalue weighted by Gasteiger charge is 2.37. The maximum atomic E-state index is 13.3. The predicted octanol–water partition coefficient (Wildman–Crippen LogP) is 2.40. The number of carbonyl (C=O) groups is 3. The average molecular weight is 484 g/mol. The second-order valence-electron chi connectivity index (χ2n) is 8.50. The van der Waals surface area contributed by atoms with Gasteiger partial charge < -0.3 is 19.4 Å². The molecular formula is C24H26FN5O5. The minimum absolute atomic E-state index is 0.0103. The van der Waals surface area contributed by atoms with E-state index in [9.17, 15) is 18.8 Å². The van der Waals surface area contributed by atoms with Gasteiger partial charge in [0.15, 0.2) is 23.1 Å². The SMILES string of the molecule is COc1cc(F)ccc1OC(=O)N(C)CC#Cc1nc(N(C=O)C2CC2)c(C(=O)N(C)C2CC2)[nH]1. The number of rotatable bonds is 8. The van der Waals surface area contributed by atoms with E-state index < -0.39 is 11.9 Å². The molecule has 0 atom stereocenters. The molecule has 4 rings (SSSR count). The van der Waals surface area contributed by atoms with Crippen molar-refractivity contribution in [1.29, 1.82) is 0 Å². The van der Waals surface area contributed by atoms with Crippen LogP contribution in [0.25, 0.3) is 0 Å². The Hall–Kier alpha value is -4.07. The van der Waals surface area contributed by atoms with E-state index in [-0.39, 0.29) is 53.4 Å². The van der Waals surface area contributed by atoms with Crippen molar-refractivity contribution in [3.05, 3.63) is 35.5 Å². The average Bonchev–Trinajstić information content (AvgIpc) is 3.78. The number of aromatic amines is 1. The molecule has 1 aromatic heterocycles. The fraction of sp³-hybridized carbons (Fsp3) is 0.417. The molecule has 11 heteroatoms.